The second kappa shape index (κ2) is 6.71. The van der Waals surface area contributed by atoms with Gasteiger partial charge in [-0.25, -0.2) is 4.98 Å². The van der Waals surface area contributed by atoms with E-state index in [2.05, 4.69) is 18.8 Å². The maximum Gasteiger partial charge on any atom is 0.213 e. The Labute approximate surface area is 101 Å². The zero-order chi connectivity index (χ0) is 12.0. The van der Waals surface area contributed by atoms with Gasteiger partial charge in [0.25, 0.3) is 0 Å². The molecular formula is C12H18ClNO2. The Hall–Kier alpha value is -0.800. The number of halogens is 1. The summed E-state index contributed by atoms with van der Waals surface area (Å²) in [7, 11) is 0. The highest BCUT2D eigenvalue weighted by Gasteiger charge is 2.03. The second-order valence-electron chi connectivity index (χ2n) is 4.16. The molecule has 0 saturated carbocycles. The van der Waals surface area contributed by atoms with Gasteiger partial charge in [0.05, 0.1) is 18.2 Å². The van der Waals surface area contributed by atoms with Crippen LogP contribution in [0.25, 0.3) is 0 Å². The van der Waals surface area contributed by atoms with Crippen LogP contribution in [0.2, 0.25) is 5.02 Å². The van der Waals surface area contributed by atoms with Crippen molar-refractivity contribution in [3.63, 3.8) is 0 Å². The lowest BCUT2D eigenvalue weighted by molar-refractivity contribution is 0.273. The van der Waals surface area contributed by atoms with E-state index in [1.165, 1.54) is 6.20 Å². The molecular weight excluding hydrogens is 226 g/mol. The van der Waals surface area contributed by atoms with E-state index in [1.54, 1.807) is 6.07 Å². The molecule has 1 aromatic rings. The van der Waals surface area contributed by atoms with E-state index in [4.69, 9.17) is 21.4 Å². The number of aliphatic hydroxyl groups excluding tert-OH is 1. The van der Waals surface area contributed by atoms with Crippen LogP contribution in [0.1, 0.15) is 32.3 Å². The maximum atomic E-state index is 9.02. The van der Waals surface area contributed by atoms with Crippen molar-refractivity contribution < 1.29 is 9.84 Å². The number of nitrogens with zero attached hydrogens (tertiary/aromatic N) is 1. The molecule has 0 amide bonds. The molecule has 1 heterocycles. The Morgan fingerprint density at radius 1 is 1.50 bits per heavy atom. The third-order valence-corrected chi connectivity index (χ3v) is 2.60. The van der Waals surface area contributed by atoms with Gasteiger partial charge in [-0.3, -0.25) is 0 Å². The van der Waals surface area contributed by atoms with Gasteiger partial charge in [-0.2, -0.15) is 0 Å². The molecule has 16 heavy (non-hydrogen) atoms. The van der Waals surface area contributed by atoms with Crippen LogP contribution in [-0.2, 0) is 6.61 Å². The fourth-order valence-corrected chi connectivity index (χ4v) is 1.49. The summed E-state index contributed by atoms with van der Waals surface area (Å²) in [6.45, 7) is 4.93. The number of pyridine rings is 1. The van der Waals surface area contributed by atoms with E-state index in [0.717, 1.165) is 12.8 Å². The third kappa shape index (κ3) is 4.37. The highest BCUT2D eigenvalue weighted by atomic mass is 35.5. The van der Waals surface area contributed by atoms with Crippen molar-refractivity contribution >= 4 is 11.6 Å². The normalized spacial score (nSPS) is 10.8. The number of ether oxygens (including phenoxy) is 1. The Morgan fingerprint density at radius 2 is 2.25 bits per heavy atom. The molecule has 0 bridgehead atoms. The summed E-state index contributed by atoms with van der Waals surface area (Å²) < 4.78 is 5.47. The zero-order valence-electron chi connectivity index (χ0n) is 9.74. The third-order valence-electron chi connectivity index (χ3n) is 2.26. The summed E-state index contributed by atoms with van der Waals surface area (Å²) >= 11 is 5.82. The van der Waals surface area contributed by atoms with E-state index >= 15 is 0 Å². The molecule has 90 valence electrons. The van der Waals surface area contributed by atoms with Gasteiger partial charge >= 0.3 is 0 Å². The molecule has 0 aliphatic carbocycles. The molecule has 0 aromatic carbocycles. The van der Waals surface area contributed by atoms with Gasteiger partial charge in [0.1, 0.15) is 0 Å². The molecule has 1 rings (SSSR count). The van der Waals surface area contributed by atoms with Crippen molar-refractivity contribution in [1.82, 2.24) is 4.98 Å². The minimum absolute atomic E-state index is 0.0935. The van der Waals surface area contributed by atoms with Gasteiger partial charge in [0.2, 0.25) is 5.88 Å². The first-order chi connectivity index (χ1) is 7.63. The molecule has 1 N–H and O–H groups in total. The van der Waals surface area contributed by atoms with Crippen LogP contribution in [0.15, 0.2) is 12.3 Å². The predicted octanol–water partition coefficient (Wildman–Crippen LogP) is 3.04. The molecule has 0 spiro atoms. The summed E-state index contributed by atoms with van der Waals surface area (Å²) in [5.41, 5.74) is 0.649. The number of rotatable bonds is 6. The largest absolute Gasteiger partial charge is 0.478 e. The van der Waals surface area contributed by atoms with Crippen molar-refractivity contribution in [3.8, 4) is 5.88 Å². The maximum absolute atomic E-state index is 9.02. The van der Waals surface area contributed by atoms with E-state index in [-0.39, 0.29) is 6.61 Å². The minimum Gasteiger partial charge on any atom is -0.478 e. The van der Waals surface area contributed by atoms with Crippen molar-refractivity contribution in [2.24, 2.45) is 5.92 Å². The molecule has 0 fully saturated rings. The van der Waals surface area contributed by atoms with Gasteiger partial charge in [-0.1, -0.05) is 25.4 Å². The van der Waals surface area contributed by atoms with Crippen LogP contribution in [0.5, 0.6) is 5.88 Å². The van der Waals surface area contributed by atoms with Crippen LogP contribution in [0.3, 0.4) is 0 Å². The first kappa shape index (κ1) is 13.3. The zero-order valence-corrected chi connectivity index (χ0v) is 10.5. The quantitative estimate of drug-likeness (QED) is 0.781. The predicted molar refractivity (Wildman–Crippen MR) is 64.7 cm³/mol. The average molecular weight is 244 g/mol. The highest BCUT2D eigenvalue weighted by Crippen LogP contribution is 2.19. The summed E-state index contributed by atoms with van der Waals surface area (Å²) in [4.78, 5) is 4.04. The van der Waals surface area contributed by atoms with E-state index in [1.807, 2.05) is 0 Å². The highest BCUT2D eigenvalue weighted by molar-refractivity contribution is 6.31. The van der Waals surface area contributed by atoms with E-state index in [9.17, 15) is 0 Å². The first-order valence-corrected chi connectivity index (χ1v) is 5.89. The summed E-state index contributed by atoms with van der Waals surface area (Å²) in [6.07, 6.45) is 3.65. The summed E-state index contributed by atoms with van der Waals surface area (Å²) in [6, 6.07) is 1.68. The standard InChI is InChI=1S/C12H18ClNO2/c1-9(2)4-3-5-16-12-6-10(8-15)11(13)7-14-12/h6-7,9,15H,3-5,8H2,1-2H3. The van der Waals surface area contributed by atoms with Gasteiger partial charge in [-0.05, 0) is 18.8 Å². The van der Waals surface area contributed by atoms with Crippen LogP contribution >= 0.6 is 11.6 Å². The molecule has 0 unspecified atom stereocenters. The molecule has 4 heteroatoms. The lowest BCUT2D eigenvalue weighted by atomic mass is 10.1. The first-order valence-electron chi connectivity index (χ1n) is 5.51. The van der Waals surface area contributed by atoms with Crippen molar-refractivity contribution in [2.75, 3.05) is 6.61 Å². The fourth-order valence-electron chi connectivity index (χ4n) is 1.33. The fraction of sp³-hybridized carbons (Fsp3) is 0.583. The van der Waals surface area contributed by atoms with E-state index in [0.29, 0.717) is 29.0 Å². The Bertz CT molecular complexity index is 329. The molecule has 3 nitrogen and oxygen atoms in total. The van der Waals surface area contributed by atoms with Crippen molar-refractivity contribution in [1.29, 1.82) is 0 Å². The number of hydrogen-bond acceptors (Lipinski definition) is 3. The van der Waals surface area contributed by atoms with Crippen LogP contribution < -0.4 is 4.74 Å². The molecule has 0 radical (unpaired) electrons. The Balaban J connectivity index is 2.42. The lowest BCUT2D eigenvalue weighted by Crippen LogP contribution is -2.01. The summed E-state index contributed by atoms with van der Waals surface area (Å²) in [5, 5.41) is 9.49. The lowest BCUT2D eigenvalue weighted by Gasteiger charge is -2.08. The van der Waals surface area contributed by atoms with Crippen molar-refractivity contribution in [3.05, 3.63) is 22.8 Å². The molecule has 0 aliphatic rings. The number of aromatic nitrogens is 1. The van der Waals surface area contributed by atoms with Crippen LogP contribution in [0, 0.1) is 5.92 Å². The van der Waals surface area contributed by atoms with Crippen molar-refractivity contribution in [2.45, 2.75) is 33.3 Å². The Morgan fingerprint density at radius 3 is 2.88 bits per heavy atom. The topological polar surface area (TPSA) is 42.4 Å². The minimum atomic E-state index is -0.0935. The Kier molecular flexibility index (Phi) is 5.56. The van der Waals surface area contributed by atoms with E-state index < -0.39 is 0 Å². The molecule has 0 aliphatic heterocycles. The average Bonchev–Trinajstić information content (AvgIpc) is 2.26. The van der Waals surface area contributed by atoms with Crippen LogP contribution in [-0.4, -0.2) is 16.7 Å². The molecule has 1 aromatic heterocycles. The van der Waals surface area contributed by atoms with Gasteiger partial charge < -0.3 is 9.84 Å². The summed E-state index contributed by atoms with van der Waals surface area (Å²) in [5.74, 6) is 1.21. The SMILES string of the molecule is CC(C)CCCOc1cc(CO)c(Cl)cn1. The van der Waals surface area contributed by atoms with Crippen LogP contribution in [0.4, 0.5) is 0 Å². The molecule has 0 saturated heterocycles. The smallest absolute Gasteiger partial charge is 0.213 e. The monoisotopic (exact) mass is 243 g/mol. The van der Waals surface area contributed by atoms with Gasteiger partial charge in [0, 0.05) is 17.8 Å². The van der Waals surface area contributed by atoms with Gasteiger partial charge in [0.15, 0.2) is 0 Å². The second-order valence-corrected chi connectivity index (χ2v) is 4.56. The molecule has 0 atom stereocenters. The number of hydrogen-bond donors (Lipinski definition) is 1. The number of aliphatic hydroxyl groups is 1. The van der Waals surface area contributed by atoms with Gasteiger partial charge in [-0.15, -0.1) is 0 Å².